The van der Waals surface area contributed by atoms with Gasteiger partial charge in [0.2, 0.25) is 5.91 Å². The van der Waals surface area contributed by atoms with Crippen LogP contribution in [0.2, 0.25) is 0 Å². The van der Waals surface area contributed by atoms with Crippen molar-refractivity contribution in [2.75, 3.05) is 20.6 Å². The standard InChI is InChI=1S/C11H15FN2O/c1-13-7-10(11(15)14-2)8-3-5-9(12)6-4-8/h3-6,10,13H,7H2,1-2H3,(H,14,15). The van der Waals surface area contributed by atoms with Gasteiger partial charge in [0.25, 0.3) is 0 Å². The molecule has 0 aromatic heterocycles. The molecule has 1 aromatic rings. The summed E-state index contributed by atoms with van der Waals surface area (Å²) in [5.74, 6) is -0.643. The first-order valence-electron chi connectivity index (χ1n) is 4.80. The summed E-state index contributed by atoms with van der Waals surface area (Å²) in [5, 5.41) is 5.53. The third-order valence-corrected chi connectivity index (χ3v) is 2.24. The van der Waals surface area contributed by atoms with Crippen LogP contribution in [0.25, 0.3) is 0 Å². The maximum absolute atomic E-state index is 12.7. The van der Waals surface area contributed by atoms with Crippen molar-refractivity contribution in [3.05, 3.63) is 35.6 Å². The first kappa shape index (κ1) is 11.7. The third kappa shape index (κ3) is 3.02. The Balaban J connectivity index is 2.88. The van der Waals surface area contributed by atoms with Crippen LogP contribution in [0.1, 0.15) is 11.5 Å². The summed E-state index contributed by atoms with van der Waals surface area (Å²) in [5.41, 5.74) is 0.810. The highest BCUT2D eigenvalue weighted by molar-refractivity contribution is 5.83. The fourth-order valence-electron chi connectivity index (χ4n) is 1.44. The zero-order chi connectivity index (χ0) is 11.3. The normalized spacial score (nSPS) is 12.2. The van der Waals surface area contributed by atoms with Crippen molar-refractivity contribution in [2.24, 2.45) is 0 Å². The Morgan fingerprint density at radius 1 is 1.33 bits per heavy atom. The van der Waals surface area contributed by atoms with Gasteiger partial charge in [-0.2, -0.15) is 0 Å². The van der Waals surface area contributed by atoms with Crippen LogP contribution in [0, 0.1) is 5.82 Å². The molecule has 1 atom stereocenters. The van der Waals surface area contributed by atoms with Crippen molar-refractivity contribution in [3.8, 4) is 0 Å². The minimum Gasteiger partial charge on any atom is -0.359 e. The van der Waals surface area contributed by atoms with E-state index in [-0.39, 0.29) is 17.6 Å². The number of amides is 1. The minimum absolute atomic E-state index is 0.0732. The van der Waals surface area contributed by atoms with E-state index in [9.17, 15) is 9.18 Å². The average molecular weight is 210 g/mol. The van der Waals surface area contributed by atoms with Gasteiger partial charge in [0.1, 0.15) is 5.82 Å². The minimum atomic E-state index is -0.293. The lowest BCUT2D eigenvalue weighted by Crippen LogP contribution is -2.32. The van der Waals surface area contributed by atoms with Gasteiger partial charge in [-0.15, -0.1) is 0 Å². The van der Waals surface area contributed by atoms with E-state index >= 15 is 0 Å². The summed E-state index contributed by atoms with van der Waals surface area (Å²) < 4.78 is 12.7. The molecule has 0 aliphatic carbocycles. The van der Waals surface area contributed by atoms with Crippen LogP contribution >= 0.6 is 0 Å². The van der Waals surface area contributed by atoms with E-state index < -0.39 is 0 Å². The molecule has 82 valence electrons. The van der Waals surface area contributed by atoms with Gasteiger partial charge in [0.05, 0.1) is 5.92 Å². The van der Waals surface area contributed by atoms with Crippen LogP contribution in [0.5, 0.6) is 0 Å². The molecule has 0 aliphatic heterocycles. The van der Waals surface area contributed by atoms with E-state index in [1.54, 1.807) is 26.2 Å². The van der Waals surface area contributed by atoms with E-state index in [4.69, 9.17) is 0 Å². The summed E-state index contributed by atoms with van der Waals surface area (Å²) in [7, 11) is 3.37. The molecule has 1 unspecified atom stereocenters. The van der Waals surface area contributed by atoms with Crippen molar-refractivity contribution >= 4 is 5.91 Å². The molecule has 0 saturated carbocycles. The number of halogens is 1. The molecule has 0 heterocycles. The van der Waals surface area contributed by atoms with Crippen LogP contribution in [0.4, 0.5) is 4.39 Å². The van der Waals surface area contributed by atoms with Gasteiger partial charge in [0.15, 0.2) is 0 Å². The van der Waals surface area contributed by atoms with Crippen molar-refractivity contribution in [2.45, 2.75) is 5.92 Å². The number of rotatable bonds is 4. The molecule has 0 spiro atoms. The highest BCUT2D eigenvalue weighted by atomic mass is 19.1. The van der Waals surface area contributed by atoms with E-state index in [0.717, 1.165) is 5.56 Å². The summed E-state index contributed by atoms with van der Waals surface area (Å²) in [6.45, 7) is 0.533. The van der Waals surface area contributed by atoms with Crippen molar-refractivity contribution in [1.29, 1.82) is 0 Å². The van der Waals surface area contributed by atoms with Crippen LogP contribution in [0.15, 0.2) is 24.3 Å². The predicted octanol–water partition coefficient (Wildman–Crippen LogP) is 0.875. The molecular formula is C11H15FN2O. The highest BCUT2D eigenvalue weighted by Crippen LogP contribution is 2.15. The van der Waals surface area contributed by atoms with Gasteiger partial charge in [-0.05, 0) is 24.7 Å². The Morgan fingerprint density at radius 3 is 2.40 bits per heavy atom. The number of hydrogen-bond donors (Lipinski definition) is 2. The summed E-state index contributed by atoms with van der Waals surface area (Å²) >= 11 is 0. The lowest BCUT2D eigenvalue weighted by Gasteiger charge is -2.15. The molecule has 15 heavy (non-hydrogen) atoms. The van der Waals surface area contributed by atoms with E-state index in [2.05, 4.69) is 10.6 Å². The van der Waals surface area contributed by atoms with E-state index in [1.165, 1.54) is 12.1 Å². The SMILES string of the molecule is CNCC(C(=O)NC)c1ccc(F)cc1. The molecule has 3 nitrogen and oxygen atoms in total. The molecular weight excluding hydrogens is 195 g/mol. The fourth-order valence-corrected chi connectivity index (χ4v) is 1.44. The molecule has 1 amide bonds. The lowest BCUT2D eigenvalue weighted by atomic mass is 9.98. The van der Waals surface area contributed by atoms with Crippen molar-refractivity contribution < 1.29 is 9.18 Å². The molecule has 0 bridgehead atoms. The number of carbonyl (C=O) groups excluding carboxylic acids is 1. The maximum atomic E-state index is 12.7. The Bertz CT molecular complexity index is 324. The molecule has 0 aliphatic rings. The van der Waals surface area contributed by atoms with E-state index in [1.807, 2.05) is 0 Å². The lowest BCUT2D eigenvalue weighted by molar-refractivity contribution is -0.122. The quantitative estimate of drug-likeness (QED) is 0.774. The Hall–Kier alpha value is -1.42. The number of carbonyl (C=O) groups is 1. The van der Waals surface area contributed by atoms with Crippen LogP contribution in [-0.4, -0.2) is 26.5 Å². The van der Waals surface area contributed by atoms with Crippen LogP contribution < -0.4 is 10.6 Å². The topological polar surface area (TPSA) is 41.1 Å². The summed E-state index contributed by atoms with van der Waals surface area (Å²) in [6, 6.07) is 5.99. The molecule has 4 heteroatoms. The number of hydrogen-bond acceptors (Lipinski definition) is 2. The highest BCUT2D eigenvalue weighted by Gasteiger charge is 2.18. The van der Waals surface area contributed by atoms with Gasteiger partial charge in [-0.3, -0.25) is 4.79 Å². The molecule has 2 N–H and O–H groups in total. The Morgan fingerprint density at radius 2 is 1.93 bits per heavy atom. The second-order valence-electron chi connectivity index (χ2n) is 3.28. The molecule has 1 aromatic carbocycles. The van der Waals surface area contributed by atoms with Crippen LogP contribution in [0.3, 0.4) is 0 Å². The van der Waals surface area contributed by atoms with Crippen LogP contribution in [-0.2, 0) is 4.79 Å². The first-order chi connectivity index (χ1) is 7.19. The largest absolute Gasteiger partial charge is 0.359 e. The zero-order valence-electron chi connectivity index (χ0n) is 8.88. The second kappa shape index (κ2) is 5.46. The van der Waals surface area contributed by atoms with Crippen molar-refractivity contribution in [3.63, 3.8) is 0 Å². The smallest absolute Gasteiger partial charge is 0.228 e. The zero-order valence-corrected chi connectivity index (χ0v) is 8.88. The van der Waals surface area contributed by atoms with Gasteiger partial charge < -0.3 is 10.6 Å². The van der Waals surface area contributed by atoms with Crippen molar-refractivity contribution in [1.82, 2.24) is 10.6 Å². The number of likely N-dealkylation sites (N-methyl/N-ethyl adjacent to an activating group) is 2. The summed E-state index contributed by atoms with van der Waals surface area (Å²) in [6.07, 6.45) is 0. The van der Waals surface area contributed by atoms with Gasteiger partial charge >= 0.3 is 0 Å². The first-order valence-corrected chi connectivity index (χ1v) is 4.80. The Labute approximate surface area is 88.7 Å². The maximum Gasteiger partial charge on any atom is 0.228 e. The third-order valence-electron chi connectivity index (χ3n) is 2.24. The predicted molar refractivity (Wildman–Crippen MR) is 57.1 cm³/mol. The second-order valence-corrected chi connectivity index (χ2v) is 3.28. The van der Waals surface area contributed by atoms with Gasteiger partial charge in [-0.25, -0.2) is 4.39 Å². The van der Waals surface area contributed by atoms with Gasteiger partial charge in [-0.1, -0.05) is 12.1 Å². The molecule has 0 fully saturated rings. The number of benzene rings is 1. The fraction of sp³-hybridized carbons (Fsp3) is 0.364. The molecule has 1 rings (SSSR count). The Kier molecular flexibility index (Phi) is 4.24. The monoisotopic (exact) mass is 210 g/mol. The number of nitrogens with one attached hydrogen (secondary N) is 2. The summed E-state index contributed by atoms with van der Waals surface area (Å²) in [4.78, 5) is 11.5. The average Bonchev–Trinajstić information content (AvgIpc) is 2.26. The molecule has 0 radical (unpaired) electrons. The van der Waals surface area contributed by atoms with E-state index in [0.29, 0.717) is 6.54 Å². The molecule has 0 saturated heterocycles. The van der Waals surface area contributed by atoms with Gasteiger partial charge in [0, 0.05) is 13.6 Å².